The molecule has 0 aromatic carbocycles. The number of nitrogens with zero attached hydrogens (tertiary/aromatic N) is 1. The van der Waals surface area contributed by atoms with Crippen molar-refractivity contribution in [2.45, 2.75) is 46.6 Å². The number of amides is 1. The van der Waals surface area contributed by atoms with Crippen LogP contribution in [0.1, 0.15) is 40.5 Å². The summed E-state index contributed by atoms with van der Waals surface area (Å²) in [6.07, 6.45) is 2.09. The average molecular weight is 200 g/mol. The van der Waals surface area contributed by atoms with E-state index in [0.717, 1.165) is 25.9 Å². The van der Waals surface area contributed by atoms with Gasteiger partial charge in [-0.05, 0) is 33.2 Å². The third-order valence-corrected chi connectivity index (χ3v) is 2.49. The van der Waals surface area contributed by atoms with Crippen LogP contribution in [0.15, 0.2) is 0 Å². The normalized spacial score (nSPS) is 12.6. The number of rotatable bonds is 7. The molecule has 0 rings (SSSR count). The summed E-state index contributed by atoms with van der Waals surface area (Å²) in [6.45, 7) is 10.5. The van der Waals surface area contributed by atoms with E-state index in [4.69, 9.17) is 0 Å². The number of hydrogen-bond donors (Lipinski definition) is 1. The molecular weight excluding hydrogens is 176 g/mol. The lowest BCUT2D eigenvalue weighted by Gasteiger charge is -2.27. The van der Waals surface area contributed by atoms with Crippen molar-refractivity contribution in [2.24, 2.45) is 0 Å². The van der Waals surface area contributed by atoms with Gasteiger partial charge in [0, 0.05) is 12.6 Å². The standard InChI is InChI=1S/C11H24N2O/c1-5-8-12-9-11(14)13(7-3)10(4)6-2/h10,12H,5-9H2,1-4H3. The Bertz CT molecular complexity index is 159. The van der Waals surface area contributed by atoms with Gasteiger partial charge < -0.3 is 10.2 Å². The largest absolute Gasteiger partial charge is 0.339 e. The Morgan fingerprint density at radius 3 is 2.43 bits per heavy atom. The second kappa shape index (κ2) is 7.80. The number of hydrogen-bond acceptors (Lipinski definition) is 2. The monoisotopic (exact) mass is 200 g/mol. The van der Waals surface area contributed by atoms with Crippen LogP contribution in [-0.4, -0.2) is 36.5 Å². The fourth-order valence-corrected chi connectivity index (χ4v) is 1.43. The third-order valence-electron chi connectivity index (χ3n) is 2.49. The smallest absolute Gasteiger partial charge is 0.236 e. The molecule has 0 heterocycles. The molecule has 1 unspecified atom stereocenters. The number of carbonyl (C=O) groups is 1. The lowest BCUT2D eigenvalue weighted by Crippen LogP contribution is -2.43. The first kappa shape index (κ1) is 13.4. The molecule has 1 amide bonds. The first-order chi connectivity index (χ1) is 6.67. The second-order valence-corrected chi connectivity index (χ2v) is 3.61. The molecular formula is C11H24N2O. The van der Waals surface area contributed by atoms with E-state index in [1.165, 1.54) is 0 Å². The molecule has 0 fully saturated rings. The van der Waals surface area contributed by atoms with Crippen LogP contribution in [0.5, 0.6) is 0 Å². The van der Waals surface area contributed by atoms with Gasteiger partial charge in [0.15, 0.2) is 0 Å². The maximum Gasteiger partial charge on any atom is 0.236 e. The van der Waals surface area contributed by atoms with Crippen molar-refractivity contribution in [2.75, 3.05) is 19.6 Å². The van der Waals surface area contributed by atoms with Crippen molar-refractivity contribution in [1.82, 2.24) is 10.2 Å². The molecule has 0 aliphatic heterocycles. The van der Waals surface area contributed by atoms with E-state index in [9.17, 15) is 4.79 Å². The van der Waals surface area contributed by atoms with Crippen LogP contribution in [0.4, 0.5) is 0 Å². The van der Waals surface area contributed by atoms with Crippen molar-refractivity contribution >= 4 is 5.91 Å². The summed E-state index contributed by atoms with van der Waals surface area (Å²) in [5.41, 5.74) is 0. The van der Waals surface area contributed by atoms with E-state index in [1.807, 2.05) is 11.8 Å². The van der Waals surface area contributed by atoms with E-state index in [2.05, 4.69) is 26.1 Å². The highest BCUT2D eigenvalue weighted by Crippen LogP contribution is 2.02. The van der Waals surface area contributed by atoms with Crippen molar-refractivity contribution in [3.8, 4) is 0 Å². The minimum Gasteiger partial charge on any atom is -0.339 e. The lowest BCUT2D eigenvalue weighted by molar-refractivity contribution is -0.132. The molecule has 0 aliphatic rings. The van der Waals surface area contributed by atoms with E-state index in [1.54, 1.807) is 0 Å². The molecule has 84 valence electrons. The van der Waals surface area contributed by atoms with Crippen LogP contribution < -0.4 is 5.32 Å². The van der Waals surface area contributed by atoms with Gasteiger partial charge in [0.05, 0.1) is 6.54 Å². The number of carbonyl (C=O) groups excluding carboxylic acids is 1. The van der Waals surface area contributed by atoms with Gasteiger partial charge in [-0.2, -0.15) is 0 Å². The van der Waals surface area contributed by atoms with Crippen LogP contribution in [-0.2, 0) is 4.79 Å². The van der Waals surface area contributed by atoms with Gasteiger partial charge in [0.1, 0.15) is 0 Å². The zero-order valence-electron chi connectivity index (χ0n) is 9.97. The van der Waals surface area contributed by atoms with E-state index in [0.29, 0.717) is 12.6 Å². The molecule has 0 aromatic rings. The third kappa shape index (κ3) is 4.61. The van der Waals surface area contributed by atoms with Crippen LogP contribution in [0.25, 0.3) is 0 Å². The Hall–Kier alpha value is -0.570. The molecule has 0 spiro atoms. The Balaban J connectivity index is 3.91. The molecule has 1 atom stereocenters. The van der Waals surface area contributed by atoms with Gasteiger partial charge in [0.2, 0.25) is 5.91 Å². The van der Waals surface area contributed by atoms with E-state index >= 15 is 0 Å². The Labute approximate surface area is 87.9 Å². The predicted octanol–water partition coefficient (Wildman–Crippen LogP) is 1.63. The quantitative estimate of drug-likeness (QED) is 0.634. The zero-order valence-corrected chi connectivity index (χ0v) is 9.97. The van der Waals surface area contributed by atoms with E-state index < -0.39 is 0 Å². The molecule has 3 nitrogen and oxygen atoms in total. The van der Waals surface area contributed by atoms with Crippen molar-refractivity contribution in [1.29, 1.82) is 0 Å². The SMILES string of the molecule is CCCNCC(=O)N(CC)C(C)CC. The summed E-state index contributed by atoms with van der Waals surface area (Å²) in [6, 6.07) is 0.357. The highest BCUT2D eigenvalue weighted by Gasteiger charge is 2.15. The van der Waals surface area contributed by atoms with Gasteiger partial charge in [-0.15, -0.1) is 0 Å². The highest BCUT2D eigenvalue weighted by atomic mass is 16.2. The molecule has 0 bridgehead atoms. The van der Waals surface area contributed by atoms with Gasteiger partial charge in [-0.1, -0.05) is 13.8 Å². The van der Waals surface area contributed by atoms with E-state index in [-0.39, 0.29) is 5.91 Å². The summed E-state index contributed by atoms with van der Waals surface area (Å²) >= 11 is 0. The highest BCUT2D eigenvalue weighted by molar-refractivity contribution is 5.78. The fraction of sp³-hybridized carbons (Fsp3) is 0.909. The van der Waals surface area contributed by atoms with Gasteiger partial charge in [0.25, 0.3) is 0 Å². The molecule has 14 heavy (non-hydrogen) atoms. The molecule has 1 N–H and O–H groups in total. The molecule has 0 saturated carbocycles. The van der Waals surface area contributed by atoms with Crippen LogP contribution in [0.2, 0.25) is 0 Å². The maximum atomic E-state index is 11.7. The Morgan fingerprint density at radius 2 is 2.00 bits per heavy atom. The predicted molar refractivity (Wildman–Crippen MR) is 60.3 cm³/mol. The minimum atomic E-state index is 0.218. The van der Waals surface area contributed by atoms with Crippen molar-refractivity contribution in [3.05, 3.63) is 0 Å². The maximum absolute atomic E-state index is 11.7. The summed E-state index contributed by atoms with van der Waals surface area (Å²) in [7, 11) is 0. The average Bonchev–Trinajstić information content (AvgIpc) is 2.19. The molecule has 0 radical (unpaired) electrons. The number of nitrogens with one attached hydrogen (secondary N) is 1. The summed E-state index contributed by atoms with van der Waals surface area (Å²) in [5.74, 6) is 0.218. The molecule has 0 saturated heterocycles. The van der Waals surface area contributed by atoms with Crippen molar-refractivity contribution < 1.29 is 4.79 Å². The zero-order chi connectivity index (χ0) is 11.0. The second-order valence-electron chi connectivity index (χ2n) is 3.61. The van der Waals surface area contributed by atoms with Gasteiger partial charge in [-0.3, -0.25) is 4.79 Å². The van der Waals surface area contributed by atoms with Crippen LogP contribution in [0, 0.1) is 0 Å². The van der Waals surface area contributed by atoms with Gasteiger partial charge in [-0.25, -0.2) is 0 Å². The Kier molecular flexibility index (Phi) is 7.48. The summed E-state index contributed by atoms with van der Waals surface area (Å²) < 4.78 is 0. The Morgan fingerprint density at radius 1 is 1.36 bits per heavy atom. The molecule has 3 heteroatoms. The minimum absolute atomic E-state index is 0.218. The van der Waals surface area contributed by atoms with Crippen LogP contribution >= 0.6 is 0 Å². The molecule has 0 aromatic heterocycles. The van der Waals surface area contributed by atoms with Crippen molar-refractivity contribution in [3.63, 3.8) is 0 Å². The first-order valence-corrected chi connectivity index (χ1v) is 5.67. The molecule has 0 aliphatic carbocycles. The summed E-state index contributed by atoms with van der Waals surface area (Å²) in [4.78, 5) is 13.6. The summed E-state index contributed by atoms with van der Waals surface area (Å²) in [5, 5.41) is 3.14. The lowest BCUT2D eigenvalue weighted by atomic mass is 10.2. The fourth-order valence-electron chi connectivity index (χ4n) is 1.43. The first-order valence-electron chi connectivity index (χ1n) is 5.67. The topological polar surface area (TPSA) is 32.3 Å². The number of likely N-dealkylation sites (N-methyl/N-ethyl adjacent to an activating group) is 1. The van der Waals surface area contributed by atoms with Crippen LogP contribution in [0.3, 0.4) is 0 Å². The van der Waals surface area contributed by atoms with Gasteiger partial charge >= 0.3 is 0 Å².